The first kappa shape index (κ1) is 33.9. The molecule has 0 spiro atoms. The minimum Gasteiger partial charge on any atom is -0.309 e. The molecule has 11 rings (SSSR count). The molecule has 0 bridgehead atoms. The van der Waals surface area contributed by atoms with Gasteiger partial charge in [-0.25, -0.2) is 15.0 Å². The summed E-state index contributed by atoms with van der Waals surface area (Å²) in [4.78, 5) is 14.9. The van der Waals surface area contributed by atoms with E-state index in [0.29, 0.717) is 17.5 Å². The standard InChI is InChI=1S/C54H38N4/c1-54(2)47-22-12-9-19-43(47)44-30-29-39(34-48(44)54)41-31-40(32-42(33-41)58-49-23-13-10-20-45(49)46-21-11-14-24-50(46)58)35-25-27-38(28-26-35)53-56-51(36-15-5-3-6-16-36)55-52(57-53)37-17-7-4-8-18-37/h3-34H,1-2H3. The maximum atomic E-state index is 4.99. The zero-order valence-electron chi connectivity index (χ0n) is 32.3. The highest BCUT2D eigenvalue weighted by Crippen LogP contribution is 2.50. The van der Waals surface area contributed by atoms with Crippen molar-refractivity contribution >= 4 is 21.8 Å². The van der Waals surface area contributed by atoms with E-state index in [-0.39, 0.29) is 5.41 Å². The SMILES string of the molecule is CC1(C)c2ccccc2-c2ccc(-c3cc(-c4ccc(-c5nc(-c6ccccc6)nc(-c6ccccc6)n5)cc4)cc(-n4c5ccccc5c5ccccc54)c3)cc21. The van der Waals surface area contributed by atoms with E-state index in [4.69, 9.17) is 15.0 Å². The van der Waals surface area contributed by atoms with Crippen molar-refractivity contribution in [2.45, 2.75) is 19.3 Å². The quantitative estimate of drug-likeness (QED) is 0.170. The maximum absolute atomic E-state index is 4.99. The normalized spacial score (nSPS) is 12.8. The number of para-hydroxylation sites is 2. The van der Waals surface area contributed by atoms with Crippen molar-refractivity contribution in [1.82, 2.24) is 19.5 Å². The molecule has 0 unspecified atom stereocenters. The highest BCUT2D eigenvalue weighted by atomic mass is 15.0. The highest BCUT2D eigenvalue weighted by molar-refractivity contribution is 6.09. The molecule has 0 aliphatic heterocycles. The predicted octanol–water partition coefficient (Wildman–Crippen LogP) is 13.6. The molecule has 0 N–H and O–H groups in total. The van der Waals surface area contributed by atoms with Gasteiger partial charge in [-0.15, -0.1) is 0 Å². The molecule has 4 nitrogen and oxygen atoms in total. The number of fused-ring (bicyclic) bond motifs is 6. The van der Waals surface area contributed by atoms with E-state index in [1.807, 2.05) is 60.7 Å². The summed E-state index contributed by atoms with van der Waals surface area (Å²) < 4.78 is 2.42. The van der Waals surface area contributed by atoms with Gasteiger partial charge in [0.25, 0.3) is 0 Å². The first-order chi connectivity index (χ1) is 28.5. The smallest absolute Gasteiger partial charge is 0.164 e. The van der Waals surface area contributed by atoms with Crippen LogP contribution in [0.5, 0.6) is 0 Å². The second kappa shape index (κ2) is 13.4. The summed E-state index contributed by atoms with van der Waals surface area (Å²) in [6.07, 6.45) is 0. The summed E-state index contributed by atoms with van der Waals surface area (Å²) in [6.45, 7) is 4.70. The molecule has 0 saturated heterocycles. The summed E-state index contributed by atoms with van der Waals surface area (Å²) >= 11 is 0. The van der Waals surface area contributed by atoms with E-state index in [0.717, 1.165) is 33.5 Å². The summed E-state index contributed by atoms with van der Waals surface area (Å²) in [5, 5.41) is 2.49. The van der Waals surface area contributed by atoms with E-state index in [2.05, 4.69) is 152 Å². The second-order valence-corrected chi connectivity index (χ2v) is 15.7. The average Bonchev–Trinajstić information content (AvgIpc) is 3.75. The number of hydrogen-bond donors (Lipinski definition) is 0. The Morgan fingerprint density at radius 1 is 0.345 bits per heavy atom. The summed E-state index contributed by atoms with van der Waals surface area (Å²) in [5.74, 6) is 1.94. The van der Waals surface area contributed by atoms with Crippen LogP contribution >= 0.6 is 0 Å². The van der Waals surface area contributed by atoms with Gasteiger partial charge in [0, 0.05) is 38.6 Å². The average molecular weight is 743 g/mol. The molecule has 0 fully saturated rings. The Morgan fingerprint density at radius 3 is 1.40 bits per heavy atom. The zero-order valence-corrected chi connectivity index (χ0v) is 32.3. The Morgan fingerprint density at radius 2 is 0.793 bits per heavy atom. The van der Waals surface area contributed by atoms with E-state index in [9.17, 15) is 0 Å². The number of aromatic nitrogens is 4. The Labute approximate surface area is 337 Å². The highest BCUT2D eigenvalue weighted by Gasteiger charge is 2.35. The van der Waals surface area contributed by atoms with Gasteiger partial charge in [-0.05, 0) is 80.9 Å². The molecular formula is C54H38N4. The van der Waals surface area contributed by atoms with Crippen LogP contribution in [0.25, 0.3) is 95.0 Å². The zero-order chi connectivity index (χ0) is 38.8. The molecule has 0 amide bonds. The van der Waals surface area contributed by atoms with Gasteiger partial charge in [-0.3, -0.25) is 0 Å². The Bertz CT molecular complexity index is 3070. The lowest BCUT2D eigenvalue weighted by molar-refractivity contribution is 0.660. The van der Waals surface area contributed by atoms with Crippen LogP contribution in [0.3, 0.4) is 0 Å². The van der Waals surface area contributed by atoms with Crippen molar-refractivity contribution < 1.29 is 0 Å². The molecular weight excluding hydrogens is 705 g/mol. The minimum absolute atomic E-state index is 0.0964. The van der Waals surface area contributed by atoms with Crippen LogP contribution in [-0.2, 0) is 5.41 Å². The lowest BCUT2D eigenvalue weighted by Crippen LogP contribution is -2.14. The van der Waals surface area contributed by atoms with Gasteiger partial charge in [0.05, 0.1) is 11.0 Å². The Hall–Kier alpha value is -7.43. The predicted molar refractivity (Wildman–Crippen MR) is 239 cm³/mol. The maximum Gasteiger partial charge on any atom is 0.164 e. The topological polar surface area (TPSA) is 43.6 Å². The number of benzene rings is 8. The summed E-state index contributed by atoms with van der Waals surface area (Å²) in [6, 6.07) is 69.2. The first-order valence-electron chi connectivity index (χ1n) is 19.9. The van der Waals surface area contributed by atoms with Crippen LogP contribution in [0.4, 0.5) is 0 Å². The first-order valence-corrected chi connectivity index (χ1v) is 19.9. The fraction of sp³-hybridized carbons (Fsp3) is 0.0556. The third kappa shape index (κ3) is 5.56. The Balaban J connectivity index is 1.07. The van der Waals surface area contributed by atoms with E-state index < -0.39 is 0 Å². The molecule has 4 heteroatoms. The van der Waals surface area contributed by atoms with Gasteiger partial charge >= 0.3 is 0 Å². The largest absolute Gasteiger partial charge is 0.309 e. The van der Waals surface area contributed by atoms with Crippen LogP contribution in [-0.4, -0.2) is 19.5 Å². The van der Waals surface area contributed by atoms with E-state index in [1.165, 1.54) is 55.2 Å². The minimum atomic E-state index is -0.0964. The van der Waals surface area contributed by atoms with Crippen molar-refractivity contribution in [2.75, 3.05) is 0 Å². The molecule has 1 aliphatic rings. The number of rotatable bonds is 6. The van der Waals surface area contributed by atoms with Crippen LogP contribution in [0, 0.1) is 0 Å². The summed E-state index contributed by atoms with van der Waals surface area (Å²) in [5.41, 5.74) is 16.2. The molecule has 0 radical (unpaired) electrons. The van der Waals surface area contributed by atoms with Crippen molar-refractivity contribution in [1.29, 1.82) is 0 Å². The van der Waals surface area contributed by atoms with Crippen molar-refractivity contribution in [3.8, 4) is 73.2 Å². The van der Waals surface area contributed by atoms with Crippen molar-refractivity contribution in [3.63, 3.8) is 0 Å². The second-order valence-electron chi connectivity index (χ2n) is 15.7. The fourth-order valence-corrected chi connectivity index (χ4v) is 8.91. The molecule has 1 aliphatic carbocycles. The van der Waals surface area contributed by atoms with Gasteiger partial charge in [0.15, 0.2) is 17.5 Å². The molecule has 10 aromatic rings. The van der Waals surface area contributed by atoms with E-state index >= 15 is 0 Å². The van der Waals surface area contributed by atoms with Crippen LogP contribution in [0.15, 0.2) is 194 Å². The van der Waals surface area contributed by atoms with Gasteiger partial charge in [-0.1, -0.05) is 172 Å². The van der Waals surface area contributed by atoms with Gasteiger partial charge in [-0.2, -0.15) is 0 Å². The van der Waals surface area contributed by atoms with Crippen molar-refractivity contribution in [3.05, 3.63) is 205 Å². The van der Waals surface area contributed by atoms with Gasteiger partial charge in [0.1, 0.15) is 0 Å². The lowest BCUT2D eigenvalue weighted by Gasteiger charge is -2.22. The molecule has 0 saturated carbocycles. The van der Waals surface area contributed by atoms with Crippen molar-refractivity contribution in [2.24, 2.45) is 0 Å². The molecule has 58 heavy (non-hydrogen) atoms. The molecule has 0 atom stereocenters. The number of nitrogens with zero attached hydrogens (tertiary/aromatic N) is 4. The molecule has 8 aromatic carbocycles. The molecule has 2 heterocycles. The monoisotopic (exact) mass is 742 g/mol. The fourth-order valence-electron chi connectivity index (χ4n) is 8.91. The van der Waals surface area contributed by atoms with E-state index in [1.54, 1.807) is 0 Å². The molecule has 2 aromatic heterocycles. The number of hydrogen-bond acceptors (Lipinski definition) is 3. The summed E-state index contributed by atoms with van der Waals surface area (Å²) in [7, 11) is 0. The van der Waals surface area contributed by atoms with Crippen LogP contribution in [0.2, 0.25) is 0 Å². The third-order valence-corrected chi connectivity index (χ3v) is 11.8. The Kier molecular flexibility index (Phi) is 7.80. The van der Waals surface area contributed by atoms with Crippen LogP contribution < -0.4 is 0 Å². The lowest BCUT2D eigenvalue weighted by atomic mass is 9.81. The van der Waals surface area contributed by atoms with Gasteiger partial charge < -0.3 is 4.57 Å². The van der Waals surface area contributed by atoms with Crippen LogP contribution in [0.1, 0.15) is 25.0 Å². The van der Waals surface area contributed by atoms with Gasteiger partial charge in [0.2, 0.25) is 0 Å². The molecule has 274 valence electrons. The third-order valence-electron chi connectivity index (χ3n) is 11.8.